The smallest absolute Gasteiger partial charge is 0.142 e. The molecule has 1 fully saturated rings. The molecule has 0 saturated carbocycles. The Morgan fingerprint density at radius 1 is 1.31 bits per heavy atom. The molecule has 0 amide bonds. The summed E-state index contributed by atoms with van der Waals surface area (Å²) in [5.41, 5.74) is 0. The average Bonchev–Trinajstić information content (AvgIpc) is 2.71. The van der Waals surface area contributed by atoms with Gasteiger partial charge in [0.25, 0.3) is 0 Å². The normalized spacial score (nSPS) is 21.6. The topological polar surface area (TPSA) is 23.5 Å². The van der Waals surface area contributed by atoms with Crippen LogP contribution in [-0.4, -0.2) is 23.1 Å². The standard InChI is InChI=1S/C10H15NOS/c12-10(9-5-4-8-13-9)11-6-2-1-3-7-11/h4-5,8,10,12H,1-3,6-7H2. The minimum absolute atomic E-state index is 0.361. The van der Waals surface area contributed by atoms with E-state index >= 15 is 0 Å². The maximum absolute atomic E-state index is 9.97. The Labute approximate surface area is 82.8 Å². The summed E-state index contributed by atoms with van der Waals surface area (Å²) < 4.78 is 0. The Morgan fingerprint density at radius 3 is 2.69 bits per heavy atom. The summed E-state index contributed by atoms with van der Waals surface area (Å²) in [4.78, 5) is 3.23. The molecule has 2 heterocycles. The number of aliphatic hydroxyl groups excluding tert-OH is 1. The van der Waals surface area contributed by atoms with Crippen molar-refractivity contribution in [1.82, 2.24) is 4.90 Å². The molecule has 13 heavy (non-hydrogen) atoms. The van der Waals surface area contributed by atoms with E-state index in [9.17, 15) is 5.11 Å². The monoisotopic (exact) mass is 197 g/mol. The average molecular weight is 197 g/mol. The maximum atomic E-state index is 9.97. The number of aliphatic hydroxyl groups is 1. The molecule has 1 aliphatic heterocycles. The van der Waals surface area contributed by atoms with Gasteiger partial charge in [-0.05, 0) is 24.3 Å². The Kier molecular flexibility index (Phi) is 2.98. The molecule has 0 radical (unpaired) electrons. The molecule has 0 aromatic carbocycles. The third-order valence-corrected chi connectivity index (χ3v) is 3.45. The highest BCUT2D eigenvalue weighted by Crippen LogP contribution is 2.25. The van der Waals surface area contributed by atoms with Crippen LogP contribution in [-0.2, 0) is 0 Å². The van der Waals surface area contributed by atoms with Crippen LogP contribution in [0.1, 0.15) is 30.4 Å². The molecule has 0 aliphatic carbocycles. The van der Waals surface area contributed by atoms with Gasteiger partial charge in [0.2, 0.25) is 0 Å². The second-order valence-electron chi connectivity index (χ2n) is 3.49. The van der Waals surface area contributed by atoms with Crippen LogP contribution >= 0.6 is 11.3 Å². The lowest BCUT2D eigenvalue weighted by molar-refractivity contribution is -0.00721. The van der Waals surface area contributed by atoms with Gasteiger partial charge in [-0.15, -0.1) is 11.3 Å². The van der Waals surface area contributed by atoms with E-state index in [1.165, 1.54) is 19.3 Å². The molecule has 0 spiro atoms. The predicted molar refractivity (Wildman–Crippen MR) is 54.7 cm³/mol. The van der Waals surface area contributed by atoms with Crippen LogP contribution in [0, 0.1) is 0 Å². The van der Waals surface area contributed by atoms with Crippen LogP contribution in [0.4, 0.5) is 0 Å². The fourth-order valence-corrected chi connectivity index (χ4v) is 2.52. The van der Waals surface area contributed by atoms with Crippen molar-refractivity contribution in [1.29, 1.82) is 0 Å². The molecule has 1 saturated heterocycles. The van der Waals surface area contributed by atoms with Gasteiger partial charge < -0.3 is 5.11 Å². The van der Waals surface area contributed by atoms with E-state index in [0.29, 0.717) is 0 Å². The van der Waals surface area contributed by atoms with Crippen molar-refractivity contribution in [3.05, 3.63) is 22.4 Å². The lowest BCUT2D eigenvalue weighted by atomic mass is 10.1. The molecular formula is C10H15NOS. The maximum Gasteiger partial charge on any atom is 0.142 e. The van der Waals surface area contributed by atoms with E-state index in [2.05, 4.69) is 4.90 Å². The Morgan fingerprint density at radius 2 is 2.08 bits per heavy atom. The van der Waals surface area contributed by atoms with Gasteiger partial charge in [0.05, 0.1) is 0 Å². The van der Waals surface area contributed by atoms with E-state index in [1.54, 1.807) is 11.3 Å². The summed E-state index contributed by atoms with van der Waals surface area (Å²) in [5.74, 6) is 0. The Balaban J connectivity index is 1.99. The number of nitrogens with zero attached hydrogens (tertiary/aromatic N) is 1. The molecule has 1 aromatic heterocycles. The van der Waals surface area contributed by atoms with Gasteiger partial charge in [-0.2, -0.15) is 0 Å². The third kappa shape index (κ3) is 2.10. The summed E-state index contributed by atoms with van der Waals surface area (Å²) in [6.07, 6.45) is 3.40. The molecule has 3 heteroatoms. The zero-order valence-electron chi connectivity index (χ0n) is 7.65. The van der Waals surface area contributed by atoms with Gasteiger partial charge in [-0.3, -0.25) is 4.90 Å². The highest BCUT2D eigenvalue weighted by Gasteiger charge is 2.19. The highest BCUT2D eigenvalue weighted by molar-refractivity contribution is 7.10. The molecule has 1 aliphatic rings. The molecule has 0 bridgehead atoms. The van der Waals surface area contributed by atoms with Crippen molar-refractivity contribution >= 4 is 11.3 Å². The molecule has 72 valence electrons. The minimum Gasteiger partial charge on any atom is -0.373 e. The second-order valence-corrected chi connectivity index (χ2v) is 4.46. The van der Waals surface area contributed by atoms with E-state index in [4.69, 9.17) is 0 Å². The molecular weight excluding hydrogens is 182 g/mol. The Hall–Kier alpha value is -0.380. The predicted octanol–water partition coefficient (Wildman–Crippen LogP) is 2.22. The summed E-state index contributed by atoms with van der Waals surface area (Å²) in [5, 5.41) is 12.0. The van der Waals surface area contributed by atoms with Gasteiger partial charge in [-0.1, -0.05) is 12.5 Å². The first-order chi connectivity index (χ1) is 6.38. The summed E-state index contributed by atoms with van der Waals surface area (Å²) >= 11 is 1.63. The molecule has 2 nitrogen and oxygen atoms in total. The molecule has 1 atom stereocenters. The number of rotatable bonds is 2. The first-order valence-electron chi connectivity index (χ1n) is 4.83. The zero-order valence-corrected chi connectivity index (χ0v) is 8.46. The first kappa shape index (κ1) is 9.19. The van der Waals surface area contributed by atoms with Crippen molar-refractivity contribution < 1.29 is 5.11 Å². The number of likely N-dealkylation sites (tertiary alicyclic amines) is 1. The zero-order chi connectivity index (χ0) is 9.10. The number of hydrogen-bond donors (Lipinski definition) is 1. The van der Waals surface area contributed by atoms with Crippen LogP contribution in [0.15, 0.2) is 17.5 Å². The highest BCUT2D eigenvalue weighted by atomic mass is 32.1. The number of hydrogen-bond acceptors (Lipinski definition) is 3. The molecule has 1 N–H and O–H groups in total. The van der Waals surface area contributed by atoms with Crippen LogP contribution in [0.3, 0.4) is 0 Å². The fraction of sp³-hybridized carbons (Fsp3) is 0.600. The quantitative estimate of drug-likeness (QED) is 0.786. The molecule has 1 unspecified atom stereocenters. The van der Waals surface area contributed by atoms with E-state index in [-0.39, 0.29) is 6.23 Å². The summed E-state index contributed by atoms with van der Waals surface area (Å²) in [6.45, 7) is 2.08. The Bertz CT molecular complexity index is 241. The molecule has 1 aromatic rings. The fourth-order valence-electron chi connectivity index (χ4n) is 1.78. The van der Waals surface area contributed by atoms with Crippen LogP contribution < -0.4 is 0 Å². The van der Waals surface area contributed by atoms with E-state index in [1.807, 2.05) is 17.5 Å². The van der Waals surface area contributed by atoms with Crippen molar-refractivity contribution in [2.24, 2.45) is 0 Å². The van der Waals surface area contributed by atoms with Crippen LogP contribution in [0.25, 0.3) is 0 Å². The van der Waals surface area contributed by atoms with Gasteiger partial charge in [0.15, 0.2) is 0 Å². The van der Waals surface area contributed by atoms with Crippen molar-refractivity contribution in [2.45, 2.75) is 25.5 Å². The first-order valence-corrected chi connectivity index (χ1v) is 5.71. The van der Waals surface area contributed by atoms with Crippen molar-refractivity contribution in [3.8, 4) is 0 Å². The lowest BCUT2D eigenvalue weighted by Crippen LogP contribution is -2.33. The lowest BCUT2D eigenvalue weighted by Gasteiger charge is -2.30. The van der Waals surface area contributed by atoms with Crippen LogP contribution in [0.5, 0.6) is 0 Å². The second kappa shape index (κ2) is 4.22. The van der Waals surface area contributed by atoms with Crippen molar-refractivity contribution in [2.75, 3.05) is 13.1 Å². The van der Waals surface area contributed by atoms with Gasteiger partial charge in [0.1, 0.15) is 6.23 Å². The van der Waals surface area contributed by atoms with Gasteiger partial charge in [0, 0.05) is 18.0 Å². The summed E-state index contributed by atoms with van der Waals surface area (Å²) in [7, 11) is 0. The van der Waals surface area contributed by atoms with Crippen molar-refractivity contribution in [3.63, 3.8) is 0 Å². The SMILES string of the molecule is OC(c1cccs1)N1CCCCC1. The third-order valence-electron chi connectivity index (χ3n) is 2.53. The molecule has 2 rings (SSSR count). The van der Waals surface area contributed by atoms with Gasteiger partial charge >= 0.3 is 0 Å². The van der Waals surface area contributed by atoms with E-state index < -0.39 is 0 Å². The minimum atomic E-state index is -0.361. The number of piperidine rings is 1. The van der Waals surface area contributed by atoms with Gasteiger partial charge in [-0.25, -0.2) is 0 Å². The number of thiophene rings is 1. The summed E-state index contributed by atoms with van der Waals surface area (Å²) in [6, 6.07) is 4.00. The largest absolute Gasteiger partial charge is 0.373 e. The van der Waals surface area contributed by atoms with E-state index in [0.717, 1.165) is 18.0 Å². The van der Waals surface area contributed by atoms with Crippen LogP contribution in [0.2, 0.25) is 0 Å².